The lowest BCUT2D eigenvalue weighted by atomic mass is 10.1. The Kier molecular flexibility index (Phi) is 4.51. The third kappa shape index (κ3) is 4.44. The first-order chi connectivity index (χ1) is 7.94. The number of hydrogen-bond acceptors (Lipinski definition) is 3. The monoisotopic (exact) mass is 248 g/mol. The minimum Gasteiger partial charge on any atom is -0.490 e. The van der Waals surface area contributed by atoms with Gasteiger partial charge in [0.2, 0.25) is 0 Å². The second-order valence-corrected chi connectivity index (χ2v) is 3.25. The fourth-order valence-corrected chi connectivity index (χ4v) is 1.27. The number of ether oxygens (including phenoxy) is 2. The van der Waals surface area contributed by atoms with Gasteiger partial charge in [-0.3, -0.25) is 9.53 Å². The van der Waals surface area contributed by atoms with Crippen molar-refractivity contribution in [2.24, 2.45) is 0 Å². The number of para-hydroxylation sites is 1. The molecule has 3 nitrogen and oxygen atoms in total. The van der Waals surface area contributed by atoms with Gasteiger partial charge in [0.1, 0.15) is 12.4 Å². The van der Waals surface area contributed by atoms with Crippen LogP contribution in [0.3, 0.4) is 0 Å². The van der Waals surface area contributed by atoms with Crippen molar-refractivity contribution in [3.8, 4) is 5.75 Å². The number of alkyl halides is 3. The molecule has 1 aromatic rings. The molecule has 0 fully saturated rings. The Morgan fingerprint density at radius 2 is 2.00 bits per heavy atom. The summed E-state index contributed by atoms with van der Waals surface area (Å²) in [4.78, 5) is 10.7. The van der Waals surface area contributed by atoms with Crippen LogP contribution in [0.1, 0.15) is 15.9 Å². The highest BCUT2D eigenvalue weighted by molar-refractivity contribution is 5.80. The fourth-order valence-electron chi connectivity index (χ4n) is 1.27. The lowest BCUT2D eigenvalue weighted by Crippen LogP contribution is -2.18. The quantitative estimate of drug-likeness (QED) is 0.593. The third-order valence-electron chi connectivity index (χ3n) is 1.96. The predicted octanol–water partition coefficient (Wildman–Crippen LogP) is 2.72. The average molecular weight is 248 g/mol. The lowest BCUT2D eigenvalue weighted by Gasteiger charge is -2.12. The molecule has 6 heteroatoms. The summed E-state index contributed by atoms with van der Waals surface area (Å²) >= 11 is 0. The van der Waals surface area contributed by atoms with Crippen molar-refractivity contribution < 1.29 is 27.4 Å². The van der Waals surface area contributed by atoms with Crippen LogP contribution in [-0.4, -0.2) is 25.9 Å². The summed E-state index contributed by atoms with van der Waals surface area (Å²) in [7, 11) is 0. The van der Waals surface area contributed by atoms with Crippen LogP contribution in [-0.2, 0) is 4.74 Å². The van der Waals surface area contributed by atoms with Crippen LogP contribution >= 0.6 is 0 Å². The van der Waals surface area contributed by atoms with E-state index in [0.717, 1.165) is 0 Å². The number of benzene rings is 1. The molecular formula is C11H11F3O3. The van der Waals surface area contributed by atoms with Crippen LogP contribution in [0.5, 0.6) is 5.75 Å². The fraction of sp³-hybridized carbons (Fsp3) is 0.364. The van der Waals surface area contributed by atoms with Gasteiger partial charge in [-0.05, 0) is 18.6 Å². The summed E-state index contributed by atoms with van der Waals surface area (Å²) < 4.78 is 43.7. The molecule has 0 aliphatic rings. The molecule has 0 aliphatic heterocycles. The molecule has 17 heavy (non-hydrogen) atoms. The number of rotatable bonds is 5. The number of halogens is 3. The van der Waals surface area contributed by atoms with Crippen LogP contribution < -0.4 is 4.74 Å². The topological polar surface area (TPSA) is 35.5 Å². The van der Waals surface area contributed by atoms with E-state index in [4.69, 9.17) is 4.74 Å². The predicted molar refractivity (Wildman–Crippen MR) is 54.1 cm³/mol. The maximum absolute atomic E-state index is 11.7. The number of carbonyl (C=O) groups is 1. The first-order valence-electron chi connectivity index (χ1n) is 4.82. The molecule has 0 spiro atoms. The number of aryl methyl sites for hydroxylation is 1. The van der Waals surface area contributed by atoms with Gasteiger partial charge in [-0.25, -0.2) is 0 Å². The van der Waals surface area contributed by atoms with Crippen LogP contribution in [0, 0.1) is 6.92 Å². The van der Waals surface area contributed by atoms with Crippen molar-refractivity contribution in [3.63, 3.8) is 0 Å². The Morgan fingerprint density at radius 3 is 2.59 bits per heavy atom. The molecule has 1 rings (SSSR count). The molecule has 94 valence electrons. The number of hydrogen-bond donors (Lipinski definition) is 0. The van der Waals surface area contributed by atoms with Crippen molar-refractivity contribution in [3.05, 3.63) is 29.3 Å². The third-order valence-corrected chi connectivity index (χ3v) is 1.96. The van der Waals surface area contributed by atoms with E-state index in [1.54, 1.807) is 19.1 Å². The molecule has 0 heterocycles. The Balaban J connectivity index is 2.54. The van der Waals surface area contributed by atoms with Crippen LogP contribution in [0.25, 0.3) is 0 Å². The van der Waals surface area contributed by atoms with E-state index in [2.05, 4.69) is 4.74 Å². The summed E-state index contributed by atoms with van der Waals surface area (Å²) in [6.07, 6.45) is -4.07. The van der Waals surface area contributed by atoms with Crippen LogP contribution in [0.2, 0.25) is 0 Å². The Labute approximate surface area is 96.1 Å². The van der Waals surface area contributed by atoms with Crippen molar-refractivity contribution >= 4 is 6.29 Å². The smallest absolute Gasteiger partial charge is 0.490 e. The molecule has 0 aromatic heterocycles. The van der Waals surface area contributed by atoms with Gasteiger partial charge in [-0.15, -0.1) is 13.2 Å². The molecule has 0 bridgehead atoms. The molecule has 0 N–H and O–H groups in total. The van der Waals surface area contributed by atoms with Gasteiger partial charge in [0, 0.05) is 0 Å². The molecule has 0 unspecified atom stereocenters. The van der Waals surface area contributed by atoms with Gasteiger partial charge >= 0.3 is 6.36 Å². The minimum absolute atomic E-state index is 0.273. The van der Waals surface area contributed by atoms with Crippen molar-refractivity contribution in [2.45, 2.75) is 13.3 Å². The molecule has 0 saturated carbocycles. The van der Waals surface area contributed by atoms with Crippen LogP contribution in [0.15, 0.2) is 18.2 Å². The highest BCUT2D eigenvalue weighted by Gasteiger charge is 2.28. The lowest BCUT2D eigenvalue weighted by molar-refractivity contribution is -0.325. The highest BCUT2D eigenvalue weighted by Crippen LogP contribution is 2.22. The van der Waals surface area contributed by atoms with E-state index in [1.807, 2.05) is 0 Å². The van der Waals surface area contributed by atoms with Gasteiger partial charge in [0.05, 0.1) is 12.2 Å². The van der Waals surface area contributed by atoms with Gasteiger partial charge in [-0.2, -0.15) is 0 Å². The van der Waals surface area contributed by atoms with Gasteiger partial charge < -0.3 is 4.74 Å². The molecule has 0 radical (unpaired) electrons. The van der Waals surface area contributed by atoms with Gasteiger partial charge in [-0.1, -0.05) is 12.1 Å². The summed E-state index contributed by atoms with van der Waals surface area (Å²) in [6, 6.07) is 4.89. The zero-order valence-electron chi connectivity index (χ0n) is 9.08. The second kappa shape index (κ2) is 5.67. The zero-order chi connectivity index (χ0) is 12.9. The normalized spacial score (nSPS) is 11.3. The Hall–Kier alpha value is -1.56. The SMILES string of the molecule is Cc1cccc(C=O)c1OCCOC(F)(F)F. The number of aldehydes is 1. The Morgan fingerprint density at radius 1 is 1.29 bits per heavy atom. The van der Waals surface area contributed by atoms with Gasteiger partial charge in [0.15, 0.2) is 6.29 Å². The van der Waals surface area contributed by atoms with Crippen molar-refractivity contribution in [2.75, 3.05) is 13.2 Å². The molecule has 0 atom stereocenters. The van der Waals surface area contributed by atoms with E-state index < -0.39 is 13.0 Å². The maximum atomic E-state index is 11.7. The van der Waals surface area contributed by atoms with Gasteiger partial charge in [0.25, 0.3) is 0 Å². The average Bonchev–Trinajstić information content (AvgIpc) is 2.24. The van der Waals surface area contributed by atoms with E-state index in [9.17, 15) is 18.0 Å². The standard InChI is InChI=1S/C11H11F3O3/c1-8-3-2-4-9(7-15)10(8)16-5-6-17-11(12,13)14/h2-4,7H,5-6H2,1H3. The highest BCUT2D eigenvalue weighted by atomic mass is 19.4. The molecule has 0 amide bonds. The summed E-state index contributed by atoms with van der Waals surface area (Å²) in [5.74, 6) is 0.285. The second-order valence-electron chi connectivity index (χ2n) is 3.25. The Bertz CT molecular complexity index is 388. The summed E-state index contributed by atoms with van der Waals surface area (Å²) in [5, 5.41) is 0. The molecular weight excluding hydrogens is 237 g/mol. The first-order valence-corrected chi connectivity index (χ1v) is 4.82. The number of carbonyl (C=O) groups excluding carboxylic acids is 1. The molecule has 0 aliphatic carbocycles. The maximum Gasteiger partial charge on any atom is 0.522 e. The summed E-state index contributed by atoms with van der Waals surface area (Å²) in [5.41, 5.74) is 0.985. The van der Waals surface area contributed by atoms with Crippen LogP contribution in [0.4, 0.5) is 13.2 Å². The van der Waals surface area contributed by atoms with E-state index in [1.165, 1.54) is 6.07 Å². The van der Waals surface area contributed by atoms with Crippen molar-refractivity contribution in [1.82, 2.24) is 0 Å². The molecule has 1 aromatic carbocycles. The van der Waals surface area contributed by atoms with E-state index in [0.29, 0.717) is 17.4 Å². The van der Waals surface area contributed by atoms with Crippen molar-refractivity contribution in [1.29, 1.82) is 0 Å². The largest absolute Gasteiger partial charge is 0.522 e. The first kappa shape index (κ1) is 13.5. The van der Waals surface area contributed by atoms with E-state index >= 15 is 0 Å². The van der Waals surface area contributed by atoms with E-state index in [-0.39, 0.29) is 12.4 Å². The molecule has 0 saturated heterocycles. The zero-order valence-corrected chi connectivity index (χ0v) is 9.08. The summed E-state index contributed by atoms with van der Waals surface area (Å²) in [6.45, 7) is 0.814. The minimum atomic E-state index is -4.66.